The Balaban J connectivity index is 1.74. The quantitative estimate of drug-likeness (QED) is 0.303. The largest absolute Gasteiger partial charge is 0.493 e. The number of benzene rings is 2. The second-order valence-electron chi connectivity index (χ2n) is 7.98. The smallest absolute Gasteiger partial charge is 0.338 e. The van der Waals surface area contributed by atoms with E-state index in [-0.39, 0.29) is 6.61 Å². The number of fused-ring (bicyclic) bond motifs is 1. The number of carbonyl (C=O) groups excluding carboxylic acids is 1. The van der Waals surface area contributed by atoms with Gasteiger partial charge in [0.05, 0.1) is 19.3 Å². The van der Waals surface area contributed by atoms with Crippen molar-refractivity contribution in [1.82, 2.24) is 14.8 Å². The van der Waals surface area contributed by atoms with Crippen LogP contribution >= 0.6 is 11.8 Å². The van der Waals surface area contributed by atoms with Crippen molar-refractivity contribution in [3.63, 3.8) is 0 Å². The molecule has 1 aliphatic heterocycles. The second kappa shape index (κ2) is 11.3. The van der Waals surface area contributed by atoms with E-state index >= 15 is 0 Å². The van der Waals surface area contributed by atoms with E-state index in [0.29, 0.717) is 40.5 Å². The zero-order valence-corrected chi connectivity index (χ0v) is 21.2. The molecule has 184 valence electrons. The third-order valence-electron chi connectivity index (χ3n) is 5.50. The standard InChI is InChI=1S/C26H30N4O4S/c1-5-14-35-26-28-25-27-17(3)22(24(31)34-16-18-10-8-7-9-11-18)23(30(25)29-26)19-12-13-20(32-4)21(15-19)33-6-2/h7-13,15,23H,5-6,14,16H2,1-4H3,(H,27,28,29). The lowest BCUT2D eigenvalue weighted by Gasteiger charge is -2.28. The Morgan fingerprint density at radius 2 is 1.94 bits per heavy atom. The second-order valence-corrected chi connectivity index (χ2v) is 9.04. The maximum atomic E-state index is 13.4. The van der Waals surface area contributed by atoms with Crippen LogP contribution in [0.1, 0.15) is 44.4 Å². The normalized spacial score (nSPS) is 14.8. The fourth-order valence-electron chi connectivity index (χ4n) is 3.89. The number of methoxy groups -OCH3 is 1. The maximum Gasteiger partial charge on any atom is 0.338 e. The van der Waals surface area contributed by atoms with E-state index in [1.807, 2.05) is 62.4 Å². The minimum atomic E-state index is -0.539. The number of aromatic nitrogens is 3. The van der Waals surface area contributed by atoms with Gasteiger partial charge in [0.25, 0.3) is 0 Å². The number of anilines is 1. The molecule has 9 heteroatoms. The molecule has 0 amide bonds. The van der Waals surface area contributed by atoms with Crippen molar-refractivity contribution in [2.75, 3.05) is 24.8 Å². The summed E-state index contributed by atoms with van der Waals surface area (Å²) >= 11 is 1.58. The lowest BCUT2D eigenvalue weighted by atomic mass is 9.95. The highest BCUT2D eigenvalue weighted by molar-refractivity contribution is 7.99. The van der Waals surface area contributed by atoms with Crippen molar-refractivity contribution < 1.29 is 19.0 Å². The zero-order valence-electron chi connectivity index (χ0n) is 20.4. The van der Waals surface area contributed by atoms with Gasteiger partial charge >= 0.3 is 5.97 Å². The van der Waals surface area contributed by atoms with Gasteiger partial charge in [0.15, 0.2) is 11.5 Å². The summed E-state index contributed by atoms with van der Waals surface area (Å²) in [6.07, 6.45) is 1.01. The molecule has 0 fully saturated rings. The highest BCUT2D eigenvalue weighted by Gasteiger charge is 2.35. The van der Waals surface area contributed by atoms with Crippen molar-refractivity contribution in [1.29, 1.82) is 0 Å². The molecule has 0 saturated heterocycles. The van der Waals surface area contributed by atoms with E-state index in [0.717, 1.165) is 23.3 Å². The van der Waals surface area contributed by atoms with Gasteiger partial charge in [-0.25, -0.2) is 9.48 Å². The van der Waals surface area contributed by atoms with Crippen LogP contribution in [0.5, 0.6) is 11.5 Å². The lowest BCUT2D eigenvalue weighted by Crippen LogP contribution is -2.29. The number of nitrogens with one attached hydrogen (secondary N) is 1. The molecule has 0 aliphatic carbocycles. The van der Waals surface area contributed by atoms with Crippen LogP contribution in [0.25, 0.3) is 0 Å². The van der Waals surface area contributed by atoms with E-state index in [1.54, 1.807) is 23.6 Å². The number of carbonyl (C=O) groups is 1. The number of rotatable bonds is 10. The Labute approximate surface area is 209 Å². The Hall–Kier alpha value is -3.46. The average molecular weight is 495 g/mol. The Kier molecular flexibility index (Phi) is 7.97. The molecule has 3 aromatic rings. The summed E-state index contributed by atoms with van der Waals surface area (Å²) in [6.45, 7) is 6.55. The van der Waals surface area contributed by atoms with Crippen LogP contribution in [0.15, 0.2) is 65.0 Å². The van der Waals surface area contributed by atoms with Crippen molar-refractivity contribution in [2.45, 2.75) is 45.0 Å². The molecule has 1 aliphatic rings. The number of hydrogen-bond acceptors (Lipinski definition) is 8. The molecule has 1 aromatic heterocycles. The van der Waals surface area contributed by atoms with Gasteiger partial charge < -0.3 is 19.5 Å². The van der Waals surface area contributed by atoms with E-state index < -0.39 is 12.0 Å². The molecule has 4 rings (SSSR count). The predicted octanol–water partition coefficient (Wildman–Crippen LogP) is 5.22. The molecular weight excluding hydrogens is 464 g/mol. The summed E-state index contributed by atoms with van der Waals surface area (Å²) in [5, 5.41) is 8.65. The van der Waals surface area contributed by atoms with Gasteiger partial charge in [0, 0.05) is 11.4 Å². The number of esters is 1. The number of nitrogens with zero attached hydrogens (tertiary/aromatic N) is 3. The molecule has 0 spiro atoms. The maximum absolute atomic E-state index is 13.4. The van der Waals surface area contributed by atoms with Gasteiger partial charge in [-0.15, -0.1) is 5.10 Å². The van der Waals surface area contributed by atoms with E-state index in [9.17, 15) is 4.79 Å². The van der Waals surface area contributed by atoms with E-state index in [1.165, 1.54) is 0 Å². The summed E-state index contributed by atoms with van der Waals surface area (Å²) in [6, 6.07) is 14.7. The number of hydrogen-bond donors (Lipinski definition) is 1. The minimum absolute atomic E-state index is 0.178. The van der Waals surface area contributed by atoms with Crippen LogP contribution in [0.3, 0.4) is 0 Å². The van der Waals surface area contributed by atoms with Gasteiger partial charge in [-0.05, 0) is 43.5 Å². The average Bonchev–Trinajstić information content (AvgIpc) is 3.28. The van der Waals surface area contributed by atoms with E-state index in [2.05, 4.69) is 17.2 Å². The molecule has 1 unspecified atom stereocenters. The lowest BCUT2D eigenvalue weighted by molar-refractivity contribution is -0.140. The molecular formula is C26H30N4O4S. The van der Waals surface area contributed by atoms with Crippen LogP contribution in [-0.4, -0.2) is 40.2 Å². The first-order valence-corrected chi connectivity index (χ1v) is 12.6. The highest BCUT2D eigenvalue weighted by Crippen LogP contribution is 2.40. The molecule has 0 bridgehead atoms. The molecule has 8 nitrogen and oxygen atoms in total. The molecule has 2 aromatic carbocycles. The fraction of sp³-hybridized carbons (Fsp3) is 0.346. The van der Waals surface area contributed by atoms with Crippen LogP contribution in [0, 0.1) is 0 Å². The Morgan fingerprint density at radius 1 is 1.14 bits per heavy atom. The summed E-state index contributed by atoms with van der Waals surface area (Å²) in [4.78, 5) is 18.1. The first-order valence-electron chi connectivity index (χ1n) is 11.6. The number of thioether (sulfide) groups is 1. The van der Waals surface area contributed by atoms with Crippen LogP contribution in [-0.2, 0) is 16.1 Å². The van der Waals surface area contributed by atoms with Gasteiger partial charge in [-0.1, -0.05) is 55.1 Å². The monoisotopic (exact) mass is 494 g/mol. The van der Waals surface area contributed by atoms with Gasteiger partial charge in [-0.2, -0.15) is 4.98 Å². The summed E-state index contributed by atoms with van der Waals surface area (Å²) < 4.78 is 18.8. The van der Waals surface area contributed by atoms with Gasteiger partial charge in [-0.3, -0.25) is 0 Å². The summed E-state index contributed by atoms with van der Waals surface area (Å²) in [5.41, 5.74) is 2.88. The third-order valence-corrected chi connectivity index (χ3v) is 6.55. The zero-order chi connectivity index (χ0) is 24.8. The summed E-state index contributed by atoms with van der Waals surface area (Å²) in [7, 11) is 1.60. The molecule has 1 N–H and O–H groups in total. The first-order chi connectivity index (χ1) is 17.0. The topological polar surface area (TPSA) is 87.5 Å². The molecule has 0 saturated carbocycles. The van der Waals surface area contributed by atoms with Crippen molar-refractivity contribution in [3.8, 4) is 11.5 Å². The Bertz CT molecular complexity index is 1210. The van der Waals surface area contributed by atoms with E-state index in [4.69, 9.17) is 19.3 Å². The molecule has 1 atom stereocenters. The van der Waals surface area contributed by atoms with Crippen molar-refractivity contribution >= 4 is 23.7 Å². The third kappa shape index (κ3) is 5.45. The first kappa shape index (κ1) is 24.7. The number of allylic oxidation sites excluding steroid dienone is 1. The van der Waals surface area contributed by atoms with Crippen molar-refractivity contribution in [2.24, 2.45) is 0 Å². The van der Waals surface area contributed by atoms with Crippen molar-refractivity contribution in [3.05, 3.63) is 70.9 Å². The predicted molar refractivity (Wildman–Crippen MR) is 136 cm³/mol. The molecule has 2 heterocycles. The van der Waals surface area contributed by atoms with Crippen LogP contribution < -0.4 is 14.8 Å². The SMILES string of the molecule is CCCSc1nc2n(n1)C(c1ccc(OC)c(OCC)c1)C(C(=O)OCc1ccccc1)=C(C)N2. The minimum Gasteiger partial charge on any atom is -0.493 e. The van der Waals surface area contributed by atoms with Gasteiger partial charge in [0.1, 0.15) is 12.6 Å². The van der Waals surface area contributed by atoms with Crippen LogP contribution in [0.2, 0.25) is 0 Å². The Morgan fingerprint density at radius 3 is 2.66 bits per heavy atom. The highest BCUT2D eigenvalue weighted by atomic mass is 32.2. The van der Waals surface area contributed by atoms with Crippen LogP contribution in [0.4, 0.5) is 5.95 Å². The molecule has 35 heavy (non-hydrogen) atoms. The fourth-order valence-corrected chi connectivity index (χ4v) is 4.57. The summed E-state index contributed by atoms with van der Waals surface area (Å²) in [5.74, 6) is 2.30. The van der Waals surface area contributed by atoms with Gasteiger partial charge in [0.2, 0.25) is 11.1 Å². The molecule has 0 radical (unpaired) electrons. The number of ether oxygens (including phenoxy) is 3.